The molecule has 0 aliphatic rings. The molecular formula is C11H17FN2O2S. The quantitative estimate of drug-likeness (QED) is 0.606. The zero-order chi connectivity index (χ0) is 12.9. The second-order valence-electron chi connectivity index (χ2n) is 3.79. The Kier molecular flexibility index (Phi) is 4.89. The number of nitrogens with two attached hydrogens (primary N) is 1. The molecule has 0 fully saturated rings. The molecule has 0 unspecified atom stereocenters. The number of nitrogen functional groups attached to an aromatic ring is 1. The van der Waals surface area contributed by atoms with Crippen molar-refractivity contribution in [1.82, 2.24) is 4.72 Å². The zero-order valence-corrected chi connectivity index (χ0v) is 10.6. The van der Waals surface area contributed by atoms with Gasteiger partial charge in [0, 0.05) is 12.2 Å². The smallest absolute Gasteiger partial charge is 0.243 e. The minimum absolute atomic E-state index is 0.201. The van der Waals surface area contributed by atoms with Crippen molar-refractivity contribution in [1.29, 1.82) is 0 Å². The van der Waals surface area contributed by atoms with E-state index >= 15 is 0 Å². The van der Waals surface area contributed by atoms with Crippen molar-refractivity contribution in [3.8, 4) is 0 Å². The van der Waals surface area contributed by atoms with Crippen LogP contribution in [0.1, 0.15) is 26.2 Å². The van der Waals surface area contributed by atoms with Crippen molar-refractivity contribution in [3.05, 3.63) is 24.0 Å². The van der Waals surface area contributed by atoms with Crippen molar-refractivity contribution in [2.45, 2.75) is 31.1 Å². The minimum Gasteiger partial charge on any atom is -0.399 e. The summed E-state index contributed by atoms with van der Waals surface area (Å²) >= 11 is 0. The molecule has 0 aliphatic heterocycles. The van der Waals surface area contributed by atoms with E-state index in [4.69, 9.17) is 5.73 Å². The third-order valence-electron chi connectivity index (χ3n) is 2.32. The first kappa shape index (κ1) is 13.9. The topological polar surface area (TPSA) is 72.2 Å². The number of hydrogen-bond acceptors (Lipinski definition) is 3. The van der Waals surface area contributed by atoms with E-state index < -0.39 is 15.8 Å². The summed E-state index contributed by atoms with van der Waals surface area (Å²) < 4.78 is 39.3. The van der Waals surface area contributed by atoms with Crippen molar-refractivity contribution in [2.24, 2.45) is 0 Å². The lowest BCUT2D eigenvalue weighted by atomic mass is 10.3. The van der Waals surface area contributed by atoms with Gasteiger partial charge in [0.1, 0.15) is 10.7 Å². The highest BCUT2D eigenvalue weighted by atomic mass is 32.2. The summed E-state index contributed by atoms with van der Waals surface area (Å²) in [6, 6.07) is 3.54. The third-order valence-corrected chi connectivity index (χ3v) is 3.81. The van der Waals surface area contributed by atoms with Crippen LogP contribution in [0.4, 0.5) is 10.1 Å². The van der Waals surface area contributed by atoms with Gasteiger partial charge in [-0.25, -0.2) is 17.5 Å². The first-order chi connectivity index (χ1) is 7.97. The lowest BCUT2D eigenvalue weighted by Gasteiger charge is -2.07. The molecule has 1 aromatic rings. The molecule has 3 N–H and O–H groups in total. The van der Waals surface area contributed by atoms with Crippen LogP contribution in [0.25, 0.3) is 0 Å². The van der Waals surface area contributed by atoms with E-state index in [0.29, 0.717) is 6.54 Å². The highest BCUT2D eigenvalue weighted by Gasteiger charge is 2.18. The van der Waals surface area contributed by atoms with Crippen LogP contribution in [0.3, 0.4) is 0 Å². The van der Waals surface area contributed by atoms with Crippen LogP contribution in [0, 0.1) is 5.82 Å². The van der Waals surface area contributed by atoms with Crippen LogP contribution in [0.15, 0.2) is 23.1 Å². The maximum Gasteiger partial charge on any atom is 0.243 e. The SMILES string of the molecule is CCCCCNS(=O)(=O)c1ccc(N)cc1F. The Morgan fingerprint density at radius 2 is 2.06 bits per heavy atom. The first-order valence-corrected chi connectivity index (χ1v) is 7.00. The standard InChI is InChI=1S/C11H17FN2O2S/c1-2-3-4-7-14-17(15,16)11-6-5-9(13)8-10(11)12/h5-6,8,14H,2-4,7,13H2,1H3. The Balaban J connectivity index is 2.76. The molecule has 96 valence electrons. The molecule has 0 radical (unpaired) electrons. The lowest BCUT2D eigenvalue weighted by molar-refractivity contribution is 0.554. The van der Waals surface area contributed by atoms with Gasteiger partial charge in [-0.3, -0.25) is 0 Å². The van der Waals surface area contributed by atoms with Gasteiger partial charge in [0.2, 0.25) is 10.0 Å². The van der Waals surface area contributed by atoms with Gasteiger partial charge >= 0.3 is 0 Å². The van der Waals surface area contributed by atoms with Crippen molar-refractivity contribution >= 4 is 15.7 Å². The van der Waals surface area contributed by atoms with Gasteiger partial charge in [-0.05, 0) is 24.6 Å². The Morgan fingerprint density at radius 3 is 2.65 bits per heavy atom. The van der Waals surface area contributed by atoms with E-state index in [9.17, 15) is 12.8 Å². The molecule has 0 atom stereocenters. The molecule has 6 heteroatoms. The van der Waals surface area contributed by atoms with E-state index in [0.717, 1.165) is 25.3 Å². The van der Waals surface area contributed by atoms with E-state index in [1.54, 1.807) is 0 Å². The van der Waals surface area contributed by atoms with E-state index in [-0.39, 0.29) is 10.6 Å². The molecule has 4 nitrogen and oxygen atoms in total. The van der Waals surface area contributed by atoms with Gasteiger partial charge in [-0.2, -0.15) is 0 Å². The predicted octanol–water partition coefficient (Wildman–Crippen LogP) is 1.88. The second kappa shape index (κ2) is 5.97. The summed E-state index contributed by atoms with van der Waals surface area (Å²) in [7, 11) is -3.77. The highest BCUT2D eigenvalue weighted by molar-refractivity contribution is 7.89. The highest BCUT2D eigenvalue weighted by Crippen LogP contribution is 2.16. The van der Waals surface area contributed by atoms with Crippen LogP contribution in [0.2, 0.25) is 0 Å². The van der Waals surface area contributed by atoms with Gasteiger partial charge in [0.05, 0.1) is 0 Å². The van der Waals surface area contributed by atoms with E-state index in [1.807, 2.05) is 6.92 Å². The van der Waals surface area contributed by atoms with Gasteiger partial charge < -0.3 is 5.73 Å². The number of unbranched alkanes of at least 4 members (excludes halogenated alkanes) is 2. The molecule has 0 bridgehead atoms. The van der Waals surface area contributed by atoms with Gasteiger partial charge in [0.15, 0.2) is 0 Å². The number of sulfonamides is 1. The maximum absolute atomic E-state index is 13.4. The average Bonchev–Trinajstić information content (AvgIpc) is 2.24. The predicted molar refractivity (Wildman–Crippen MR) is 65.5 cm³/mol. The number of benzene rings is 1. The van der Waals surface area contributed by atoms with Crippen LogP contribution in [-0.4, -0.2) is 15.0 Å². The summed E-state index contributed by atoms with van der Waals surface area (Å²) in [6.07, 6.45) is 2.68. The molecule has 0 saturated carbocycles. The minimum atomic E-state index is -3.77. The maximum atomic E-state index is 13.4. The Morgan fingerprint density at radius 1 is 1.35 bits per heavy atom. The molecule has 1 rings (SSSR count). The zero-order valence-electron chi connectivity index (χ0n) is 9.74. The fourth-order valence-electron chi connectivity index (χ4n) is 1.39. The molecule has 0 aromatic heterocycles. The number of hydrogen-bond donors (Lipinski definition) is 2. The summed E-state index contributed by atoms with van der Waals surface area (Å²) in [5, 5.41) is 0. The van der Waals surface area contributed by atoms with Crippen molar-refractivity contribution < 1.29 is 12.8 Å². The lowest BCUT2D eigenvalue weighted by Crippen LogP contribution is -2.25. The normalized spacial score (nSPS) is 11.6. The number of anilines is 1. The molecule has 0 spiro atoms. The molecule has 1 aromatic carbocycles. The average molecular weight is 260 g/mol. The van der Waals surface area contributed by atoms with Crippen LogP contribution in [0.5, 0.6) is 0 Å². The summed E-state index contributed by atoms with van der Waals surface area (Å²) in [5.74, 6) is -0.826. The van der Waals surface area contributed by atoms with Gasteiger partial charge in [-0.1, -0.05) is 19.8 Å². The van der Waals surface area contributed by atoms with Crippen molar-refractivity contribution in [2.75, 3.05) is 12.3 Å². The van der Waals surface area contributed by atoms with Crippen molar-refractivity contribution in [3.63, 3.8) is 0 Å². The van der Waals surface area contributed by atoms with E-state index in [1.165, 1.54) is 12.1 Å². The molecule has 0 aliphatic carbocycles. The fourth-order valence-corrected chi connectivity index (χ4v) is 2.53. The molecule has 0 heterocycles. The fraction of sp³-hybridized carbons (Fsp3) is 0.455. The van der Waals surface area contributed by atoms with Crippen LogP contribution >= 0.6 is 0 Å². The Hall–Kier alpha value is -1.14. The summed E-state index contributed by atoms with van der Waals surface area (Å²) in [4.78, 5) is -0.358. The largest absolute Gasteiger partial charge is 0.399 e. The van der Waals surface area contributed by atoms with E-state index in [2.05, 4.69) is 4.72 Å². The number of nitrogens with one attached hydrogen (secondary N) is 1. The monoisotopic (exact) mass is 260 g/mol. The first-order valence-electron chi connectivity index (χ1n) is 5.52. The van der Waals surface area contributed by atoms with Crippen LogP contribution < -0.4 is 10.5 Å². The second-order valence-corrected chi connectivity index (χ2v) is 5.53. The molecule has 17 heavy (non-hydrogen) atoms. The number of rotatable bonds is 6. The summed E-state index contributed by atoms with van der Waals surface area (Å²) in [6.45, 7) is 2.34. The van der Waals surface area contributed by atoms with Gasteiger partial charge in [-0.15, -0.1) is 0 Å². The molecular weight excluding hydrogens is 243 g/mol. The Labute approximate surface area is 101 Å². The summed E-state index contributed by atoms with van der Waals surface area (Å²) in [5.41, 5.74) is 5.56. The molecule has 0 amide bonds. The Bertz CT molecular complexity index is 474. The van der Waals surface area contributed by atoms with Gasteiger partial charge in [0.25, 0.3) is 0 Å². The van der Waals surface area contributed by atoms with Crippen LogP contribution in [-0.2, 0) is 10.0 Å². The third kappa shape index (κ3) is 3.98. The molecule has 0 saturated heterocycles. The number of halogens is 1.